The molecule has 3 heteroatoms. The van der Waals surface area contributed by atoms with Crippen LogP contribution in [0.25, 0.3) is 0 Å². The zero-order valence-electron chi connectivity index (χ0n) is 4.94. The van der Waals surface area contributed by atoms with Gasteiger partial charge in [-0.2, -0.15) is 8.78 Å². The Hall–Kier alpha value is -0.630. The standard InChI is InChI=1S/C7H4ClF2/c8-7(9,10)6-4-2-1-3-5-6/h2-5H. The van der Waals surface area contributed by atoms with Crippen molar-refractivity contribution in [3.63, 3.8) is 0 Å². The molecule has 0 heterocycles. The summed E-state index contributed by atoms with van der Waals surface area (Å²) in [5, 5.41) is -3.25. The zero-order valence-corrected chi connectivity index (χ0v) is 5.70. The molecule has 0 aliphatic heterocycles. The number of hydrogen-bond donors (Lipinski definition) is 0. The molecule has 10 heavy (non-hydrogen) atoms. The van der Waals surface area contributed by atoms with Gasteiger partial charge < -0.3 is 0 Å². The van der Waals surface area contributed by atoms with Gasteiger partial charge in [0.15, 0.2) is 0 Å². The first-order valence-corrected chi connectivity index (χ1v) is 3.02. The highest BCUT2D eigenvalue weighted by Gasteiger charge is 2.26. The second-order valence-electron chi connectivity index (χ2n) is 1.79. The highest BCUT2D eigenvalue weighted by molar-refractivity contribution is 6.21. The summed E-state index contributed by atoms with van der Waals surface area (Å²) >= 11 is 4.71. The SMILES string of the molecule is FC(F)(Cl)c1cc[c]cc1. The van der Waals surface area contributed by atoms with Gasteiger partial charge in [0.1, 0.15) is 0 Å². The Kier molecular flexibility index (Phi) is 1.90. The maximum atomic E-state index is 12.2. The van der Waals surface area contributed by atoms with E-state index in [0.717, 1.165) is 0 Å². The van der Waals surface area contributed by atoms with Gasteiger partial charge in [-0.05, 0) is 17.7 Å². The van der Waals surface area contributed by atoms with E-state index in [9.17, 15) is 8.78 Å². The van der Waals surface area contributed by atoms with Gasteiger partial charge in [0.25, 0.3) is 0 Å². The molecule has 0 N–H and O–H groups in total. The lowest BCUT2D eigenvalue weighted by atomic mass is 10.2. The molecule has 0 atom stereocenters. The molecule has 53 valence electrons. The maximum absolute atomic E-state index is 12.2. The molecular formula is C7H4ClF2. The molecule has 1 rings (SSSR count). The van der Waals surface area contributed by atoms with Crippen molar-refractivity contribution in [1.29, 1.82) is 0 Å². The van der Waals surface area contributed by atoms with Crippen molar-refractivity contribution in [2.24, 2.45) is 0 Å². The Morgan fingerprint density at radius 1 is 1.30 bits per heavy atom. The smallest absolute Gasteiger partial charge is 0.183 e. The molecule has 1 aromatic rings. The summed E-state index contributed by atoms with van der Waals surface area (Å²) in [5.41, 5.74) is -0.201. The van der Waals surface area contributed by atoms with Gasteiger partial charge in [-0.3, -0.25) is 0 Å². The first-order valence-electron chi connectivity index (χ1n) is 2.64. The molecule has 1 aromatic carbocycles. The lowest BCUT2D eigenvalue weighted by Gasteiger charge is -2.05. The van der Waals surface area contributed by atoms with Crippen molar-refractivity contribution in [2.45, 2.75) is 5.38 Å². The van der Waals surface area contributed by atoms with Crippen LogP contribution in [0.1, 0.15) is 5.56 Å². The van der Waals surface area contributed by atoms with Crippen molar-refractivity contribution >= 4 is 11.6 Å². The van der Waals surface area contributed by atoms with Crippen LogP contribution in [0.15, 0.2) is 24.3 Å². The van der Waals surface area contributed by atoms with Crippen LogP contribution in [0.5, 0.6) is 0 Å². The Morgan fingerprint density at radius 2 is 1.80 bits per heavy atom. The van der Waals surface area contributed by atoms with Crippen LogP contribution < -0.4 is 0 Å². The fraction of sp³-hybridized carbons (Fsp3) is 0.143. The molecule has 1 radical (unpaired) electrons. The van der Waals surface area contributed by atoms with Gasteiger partial charge in [0, 0.05) is 5.56 Å². The van der Waals surface area contributed by atoms with Crippen molar-refractivity contribution in [1.82, 2.24) is 0 Å². The summed E-state index contributed by atoms with van der Waals surface area (Å²) in [7, 11) is 0. The van der Waals surface area contributed by atoms with Crippen LogP contribution in [0, 0.1) is 6.07 Å². The van der Waals surface area contributed by atoms with Gasteiger partial charge in [-0.1, -0.05) is 24.3 Å². The van der Waals surface area contributed by atoms with Crippen molar-refractivity contribution in [2.75, 3.05) is 0 Å². The Balaban J connectivity index is 2.97. The second kappa shape index (κ2) is 2.54. The van der Waals surface area contributed by atoms with Crippen LogP contribution in [0.4, 0.5) is 8.78 Å². The van der Waals surface area contributed by atoms with E-state index >= 15 is 0 Å². The third kappa shape index (κ3) is 1.67. The lowest BCUT2D eigenvalue weighted by molar-refractivity contribution is 0.0951. The molecule has 0 saturated carbocycles. The molecule has 0 unspecified atom stereocenters. The van der Waals surface area contributed by atoms with Gasteiger partial charge >= 0.3 is 5.38 Å². The number of benzene rings is 1. The summed E-state index contributed by atoms with van der Waals surface area (Å²) in [6.45, 7) is 0. The van der Waals surface area contributed by atoms with Gasteiger partial charge in [0.2, 0.25) is 0 Å². The highest BCUT2D eigenvalue weighted by atomic mass is 35.5. The van der Waals surface area contributed by atoms with Crippen molar-refractivity contribution in [3.05, 3.63) is 35.9 Å². The molecule has 0 amide bonds. The first-order chi connectivity index (χ1) is 4.61. The minimum atomic E-state index is -3.25. The number of rotatable bonds is 1. The Morgan fingerprint density at radius 3 is 2.10 bits per heavy atom. The monoisotopic (exact) mass is 161 g/mol. The molecule has 0 nitrogen and oxygen atoms in total. The summed E-state index contributed by atoms with van der Waals surface area (Å²) in [5.74, 6) is 0. The molecule has 0 aromatic heterocycles. The van der Waals surface area contributed by atoms with E-state index in [1.165, 1.54) is 24.3 Å². The van der Waals surface area contributed by atoms with Crippen LogP contribution >= 0.6 is 11.6 Å². The van der Waals surface area contributed by atoms with E-state index in [-0.39, 0.29) is 5.56 Å². The average Bonchev–Trinajstić information content (AvgIpc) is 1.88. The van der Waals surface area contributed by atoms with Crippen molar-refractivity contribution < 1.29 is 8.78 Å². The number of hydrogen-bond acceptors (Lipinski definition) is 0. The molecule has 0 fully saturated rings. The second-order valence-corrected chi connectivity index (χ2v) is 2.26. The topological polar surface area (TPSA) is 0 Å². The predicted octanol–water partition coefficient (Wildman–Crippen LogP) is 2.77. The third-order valence-electron chi connectivity index (χ3n) is 1.05. The van der Waals surface area contributed by atoms with Crippen LogP contribution in [-0.2, 0) is 5.38 Å². The third-order valence-corrected chi connectivity index (χ3v) is 1.26. The van der Waals surface area contributed by atoms with E-state index in [2.05, 4.69) is 6.07 Å². The summed E-state index contributed by atoms with van der Waals surface area (Å²) in [4.78, 5) is 0. The minimum Gasteiger partial charge on any atom is -0.183 e. The van der Waals surface area contributed by atoms with E-state index in [1.807, 2.05) is 0 Å². The normalized spacial score (nSPS) is 11.5. The van der Waals surface area contributed by atoms with Crippen LogP contribution in [0.3, 0.4) is 0 Å². The largest absolute Gasteiger partial charge is 0.348 e. The van der Waals surface area contributed by atoms with Crippen molar-refractivity contribution in [3.8, 4) is 0 Å². The molecule has 0 aliphatic rings. The van der Waals surface area contributed by atoms with E-state index in [0.29, 0.717) is 0 Å². The molecule has 0 saturated heterocycles. The Bertz CT molecular complexity index is 203. The van der Waals surface area contributed by atoms with E-state index < -0.39 is 5.38 Å². The quantitative estimate of drug-likeness (QED) is 0.556. The fourth-order valence-electron chi connectivity index (χ4n) is 0.576. The highest BCUT2D eigenvalue weighted by Crippen LogP contribution is 2.31. The average molecular weight is 162 g/mol. The minimum absolute atomic E-state index is 0.201. The summed E-state index contributed by atoms with van der Waals surface area (Å²) in [6, 6.07) is 7.86. The predicted molar refractivity (Wildman–Crippen MR) is 35.0 cm³/mol. The molecule has 0 spiro atoms. The van der Waals surface area contributed by atoms with Crippen LogP contribution in [-0.4, -0.2) is 0 Å². The molecule has 0 aliphatic carbocycles. The molecule has 0 bridgehead atoms. The fourth-order valence-corrected chi connectivity index (χ4v) is 0.702. The summed E-state index contributed by atoms with van der Waals surface area (Å²) in [6.07, 6.45) is 0. The lowest BCUT2D eigenvalue weighted by Crippen LogP contribution is -2.01. The van der Waals surface area contributed by atoms with Gasteiger partial charge in [-0.25, -0.2) is 0 Å². The molecular weight excluding hydrogens is 158 g/mol. The Labute approximate surface area is 62.4 Å². The van der Waals surface area contributed by atoms with Gasteiger partial charge in [-0.15, -0.1) is 0 Å². The number of halogens is 3. The number of alkyl halides is 3. The van der Waals surface area contributed by atoms with Crippen LogP contribution in [0.2, 0.25) is 0 Å². The van der Waals surface area contributed by atoms with E-state index in [1.54, 1.807) is 0 Å². The first kappa shape index (κ1) is 7.48. The summed E-state index contributed by atoms with van der Waals surface area (Å²) < 4.78 is 24.4. The zero-order chi connectivity index (χ0) is 7.61. The van der Waals surface area contributed by atoms with E-state index in [4.69, 9.17) is 11.6 Å². The van der Waals surface area contributed by atoms with Gasteiger partial charge in [0.05, 0.1) is 0 Å². The maximum Gasteiger partial charge on any atom is 0.348 e.